The Balaban J connectivity index is 2.12. The third-order valence-electron chi connectivity index (χ3n) is 2.84. The van der Waals surface area contributed by atoms with Crippen molar-refractivity contribution < 1.29 is 13.5 Å². The first-order chi connectivity index (χ1) is 9.10. The lowest BCUT2D eigenvalue weighted by Crippen LogP contribution is -2.00. The topological polar surface area (TPSA) is 9.23 Å². The molecule has 2 rings (SSSR count). The lowest BCUT2D eigenvalue weighted by atomic mass is 10.1. The highest BCUT2D eigenvalue weighted by atomic mass is 79.9. The van der Waals surface area contributed by atoms with Crippen LogP contribution in [0, 0.1) is 18.6 Å². The van der Waals surface area contributed by atoms with Gasteiger partial charge in [-0.25, -0.2) is 8.78 Å². The maximum absolute atomic E-state index is 13.7. The van der Waals surface area contributed by atoms with E-state index in [9.17, 15) is 8.78 Å². The van der Waals surface area contributed by atoms with Crippen molar-refractivity contribution in [3.8, 4) is 5.75 Å². The van der Waals surface area contributed by atoms with E-state index in [2.05, 4.69) is 15.9 Å². The molecular formula is C15H13BrF2O. The SMILES string of the molecule is Cc1ccc(F)cc1COc1ccc(CBr)cc1F. The van der Waals surface area contributed by atoms with Crippen molar-refractivity contribution in [1.29, 1.82) is 0 Å². The average molecular weight is 327 g/mol. The summed E-state index contributed by atoms with van der Waals surface area (Å²) in [4.78, 5) is 0. The fraction of sp³-hybridized carbons (Fsp3) is 0.200. The summed E-state index contributed by atoms with van der Waals surface area (Å²) in [7, 11) is 0. The molecule has 100 valence electrons. The maximum atomic E-state index is 13.7. The average Bonchev–Trinajstić information content (AvgIpc) is 2.40. The van der Waals surface area contributed by atoms with Crippen molar-refractivity contribution >= 4 is 15.9 Å². The Morgan fingerprint density at radius 2 is 1.89 bits per heavy atom. The number of benzene rings is 2. The molecule has 0 saturated heterocycles. The number of hydrogen-bond acceptors (Lipinski definition) is 1. The van der Waals surface area contributed by atoms with Gasteiger partial charge in [0.15, 0.2) is 11.6 Å². The highest BCUT2D eigenvalue weighted by Crippen LogP contribution is 2.21. The van der Waals surface area contributed by atoms with Gasteiger partial charge in [-0.1, -0.05) is 28.1 Å². The molecule has 0 fully saturated rings. The summed E-state index contributed by atoms with van der Waals surface area (Å²) in [6.07, 6.45) is 0. The molecule has 2 aromatic rings. The summed E-state index contributed by atoms with van der Waals surface area (Å²) in [5.41, 5.74) is 2.47. The molecule has 0 radical (unpaired) electrons. The van der Waals surface area contributed by atoms with E-state index >= 15 is 0 Å². The monoisotopic (exact) mass is 326 g/mol. The molecule has 0 unspecified atom stereocenters. The minimum atomic E-state index is -0.411. The molecule has 0 bridgehead atoms. The molecule has 4 heteroatoms. The smallest absolute Gasteiger partial charge is 0.165 e. The second-order valence-electron chi connectivity index (χ2n) is 4.26. The van der Waals surface area contributed by atoms with E-state index in [1.54, 1.807) is 18.2 Å². The molecule has 0 aromatic heterocycles. The normalized spacial score (nSPS) is 10.5. The lowest BCUT2D eigenvalue weighted by molar-refractivity contribution is 0.289. The van der Waals surface area contributed by atoms with Gasteiger partial charge in [0.1, 0.15) is 12.4 Å². The van der Waals surface area contributed by atoms with Gasteiger partial charge in [0.05, 0.1) is 0 Å². The minimum Gasteiger partial charge on any atom is -0.486 e. The molecule has 0 amide bonds. The van der Waals surface area contributed by atoms with E-state index in [1.807, 2.05) is 6.92 Å². The predicted octanol–water partition coefficient (Wildman–Crippen LogP) is 4.75. The molecule has 0 aliphatic rings. The van der Waals surface area contributed by atoms with E-state index < -0.39 is 5.82 Å². The molecule has 2 aromatic carbocycles. The van der Waals surface area contributed by atoms with Crippen LogP contribution in [0.3, 0.4) is 0 Å². The van der Waals surface area contributed by atoms with Crippen LogP contribution in [0.15, 0.2) is 36.4 Å². The Bertz CT molecular complexity index is 584. The largest absolute Gasteiger partial charge is 0.486 e. The van der Waals surface area contributed by atoms with Crippen LogP contribution in [0.2, 0.25) is 0 Å². The highest BCUT2D eigenvalue weighted by molar-refractivity contribution is 9.08. The Hall–Kier alpha value is -1.42. The molecular weight excluding hydrogens is 314 g/mol. The van der Waals surface area contributed by atoms with Crippen LogP contribution in [0.5, 0.6) is 5.75 Å². The van der Waals surface area contributed by atoms with E-state index in [-0.39, 0.29) is 18.2 Å². The van der Waals surface area contributed by atoms with Crippen molar-refractivity contribution in [1.82, 2.24) is 0 Å². The molecule has 0 N–H and O–H groups in total. The zero-order valence-electron chi connectivity index (χ0n) is 10.4. The number of hydrogen-bond donors (Lipinski definition) is 0. The highest BCUT2D eigenvalue weighted by Gasteiger charge is 2.06. The number of aryl methyl sites for hydroxylation is 1. The first-order valence-corrected chi connectivity index (χ1v) is 6.94. The molecule has 0 atom stereocenters. The summed E-state index contributed by atoms with van der Waals surface area (Å²) < 4.78 is 32.2. The van der Waals surface area contributed by atoms with Gasteiger partial charge in [0.2, 0.25) is 0 Å². The number of ether oxygens (including phenoxy) is 1. The van der Waals surface area contributed by atoms with Gasteiger partial charge in [-0.05, 0) is 47.9 Å². The fourth-order valence-corrected chi connectivity index (χ4v) is 2.04. The maximum Gasteiger partial charge on any atom is 0.165 e. The first-order valence-electron chi connectivity index (χ1n) is 5.82. The van der Waals surface area contributed by atoms with Gasteiger partial charge in [-0.3, -0.25) is 0 Å². The Kier molecular flexibility index (Phi) is 4.53. The Labute approximate surface area is 119 Å². The third kappa shape index (κ3) is 3.53. The third-order valence-corrected chi connectivity index (χ3v) is 3.49. The van der Waals surface area contributed by atoms with Crippen molar-refractivity contribution in [2.24, 2.45) is 0 Å². The van der Waals surface area contributed by atoms with E-state index in [0.717, 1.165) is 11.1 Å². The predicted molar refractivity (Wildman–Crippen MR) is 74.5 cm³/mol. The van der Waals surface area contributed by atoms with Crippen LogP contribution in [0.4, 0.5) is 8.78 Å². The zero-order valence-corrected chi connectivity index (χ0v) is 12.0. The van der Waals surface area contributed by atoms with Crippen molar-refractivity contribution in [2.75, 3.05) is 0 Å². The summed E-state index contributed by atoms with van der Waals surface area (Å²) in [6.45, 7) is 2.01. The molecule has 1 nitrogen and oxygen atoms in total. The number of halogens is 3. The van der Waals surface area contributed by atoms with Gasteiger partial charge in [0.25, 0.3) is 0 Å². The van der Waals surface area contributed by atoms with Crippen LogP contribution < -0.4 is 4.74 Å². The zero-order chi connectivity index (χ0) is 13.8. The summed E-state index contributed by atoms with van der Waals surface area (Å²) in [5.74, 6) is -0.557. The second-order valence-corrected chi connectivity index (χ2v) is 4.82. The van der Waals surface area contributed by atoms with Crippen LogP contribution in [-0.2, 0) is 11.9 Å². The van der Waals surface area contributed by atoms with Gasteiger partial charge in [0, 0.05) is 5.33 Å². The van der Waals surface area contributed by atoms with Crippen LogP contribution in [-0.4, -0.2) is 0 Å². The van der Waals surface area contributed by atoms with Crippen molar-refractivity contribution in [2.45, 2.75) is 18.9 Å². The van der Waals surface area contributed by atoms with Gasteiger partial charge >= 0.3 is 0 Å². The van der Waals surface area contributed by atoms with Gasteiger partial charge in [-0.2, -0.15) is 0 Å². The summed E-state index contributed by atoms with van der Waals surface area (Å²) in [5, 5.41) is 0.590. The number of alkyl halides is 1. The molecule has 0 saturated carbocycles. The van der Waals surface area contributed by atoms with Crippen molar-refractivity contribution in [3.05, 3.63) is 64.7 Å². The fourth-order valence-electron chi connectivity index (χ4n) is 1.70. The number of rotatable bonds is 4. The van der Waals surface area contributed by atoms with E-state index in [4.69, 9.17) is 4.74 Å². The molecule has 19 heavy (non-hydrogen) atoms. The standard InChI is InChI=1S/C15H13BrF2O/c1-10-2-4-13(17)7-12(10)9-19-15-5-3-11(8-16)6-14(15)18/h2-7H,8-9H2,1H3. The summed E-state index contributed by atoms with van der Waals surface area (Å²) in [6, 6.07) is 9.26. The minimum absolute atomic E-state index is 0.147. The van der Waals surface area contributed by atoms with Gasteiger partial charge < -0.3 is 4.74 Å². The molecule has 0 spiro atoms. The van der Waals surface area contributed by atoms with Crippen molar-refractivity contribution in [3.63, 3.8) is 0 Å². The van der Waals surface area contributed by atoms with Gasteiger partial charge in [-0.15, -0.1) is 0 Å². The van der Waals surface area contributed by atoms with E-state index in [1.165, 1.54) is 18.2 Å². The summed E-state index contributed by atoms with van der Waals surface area (Å²) >= 11 is 3.26. The van der Waals surface area contributed by atoms with Crippen LogP contribution in [0.1, 0.15) is 16.7 Å². The first kappa shape index (κ1) is 14.0. The molecule has 0 heterocycles. The van der Waals surface area contributed by atoms with Crippen LogP contribution in [0.25, 0.3) is 0 Å². The Morgan fingerprint density at radius 1 is 1.11 bits per heavy atom. The molecule has 0 aliphatic heterocycles. The van der Waals surface area contributed by atoms with E-state index in [0.29, 0.717) is 10.9 Å². The quantitative estimate of drug-likeness (QED) is 0.737. The second kappa shape index (κ2) is 6.15. The Morgan fingerprint density at radius 3 is 2.58 bits per heavy atom. The van der Waals surface area contributed by atoms with Crippen LogP contribution >= 0.6 is 15.9 Å². The molecule has 0 aliphatic carbocycles. The lowest BCUT2D eigenvalue weighted by Gasteiger charge is -2.10.